The summed E-state index contributed by atoms with van der Waals surface area (Å²) in [6, 6.07) is 24.3. The van der Waals surface area contributed by atoms with Gasteiger partial charge in [0.2, 0.25) is 0 Å². The number of benzene rings is 3. The molecule has 1 amide bonds. The molecule has 3 heteroatoms. The van der Waals surface area contributed by atoms with Crippen molar-refractivity contribution in [3.8, 4) is 5.75 Å². The van der Waals surface area contributed by atoms with Crippen molar-refractivity contribution in [3.05, 3.63) is 95.1 Å². The van der Waals surface area contributed by atoms with Gasteiger partial charge in [0.05, 0.1) is 12.8 Å². The van der Waals surface area contributed by atoms with E-state index in [-0.39, 0.29) is 5.91 Å². The summed E-state index contributed by atoms with van der Waals surface area (Å²) in [5.74, 6) is 0.831. The standard InChI is InChI=1S/C22H17NO2/c1-25-17-12-11-15-14-22(16-7-3-2-4-8-16)19-10-6-5-9-18(19)21(24)23(22)20(15)13-17/h2-13H,14H2,1H3/t22-/m1/s1. The van der Waals surface area contributed by atoms with Crippen LogP contribution in [0.15, 0.2) is 72.8 Å². The lowest BCUT2D eigenvalue weighted by Gasteiger charge is -2.34. The van der Waals surface area contributed by atoms with Crippen LogP contribution in [0.1, 0.15) is 27.0 Å². The highest BCUT2D eigenvalue weighted by atomic mass is 16.5. The average Bonchev–Trinajstić information content (AvgIpc) is 3.14. The van der Waals surface area contributed by atoms with E-state index >= 15 is 0 Å². The third-order valence-electron chi connectivity index (χ3n) is 5.42. The molecule has 0 N–H and O–H groups in total. The Balaban J connectivity index is 1.83. The first-order valence-corrected chi connectivity index (χ1v) is 8.42. The van der Waals surface area contributed by atoms with E-state index in [1.807, 2.05) is 53.4 Å². The van der Waals surface area contributed by atoms with Crippen LogP contribution in [0, 0.1) is 0 Å². The van der Waals surface area contributed by atoms with Gasteiger partial charge in [-0.2, -0.15) is 0 Å². The van der Waals surface area contributed by atoms with E-state index < -0.39 is 5.54 Å². The van der Waals surface area contributed by atoms with Gasteiger partial charge < -0.3 is 4.74 Å². The van der Waals surface area contributed by atoms with Crippen LogP contribution >= 0.6 is 0 Å². The number of methoxy groups -OCH3 is 1. The number of carbonyl (C=O) groups excluding carboxylic acids is 1. The molecule has 0 aromatic heterocycles. The van der Waals surface area contributed by atoms with E-state index in [0.717, 1.165) is 34.5 Å². The molecule has 5 rings (SSSR count). The highest BCUT2D eigenvalue weighted by molar-refractivity contribution is 6.14. The zero-order chi connectivity index (χ0) is 17.0. The number of hydrogen-bond acceptors (Lipinski definition) is 2. The van der Waals surface area contributed by atoms with E-state index in [0.29, 0.717) is 0 Å². The van der Waals surface area contributed by atoms with Gasteiger partial charge in [-0.25, -0.2) is 0 Å². The van der Waals surface area contributed by atoms with Crippen LogP contribution in [0.2, 0.25) is 0 Å². The molecule has 0 saturated heterocycles. The molecule has 2 aliphatic rings. The second-order valence-corrected chi connectivity index (χ2v) is 6.58. The fraction of sp³-hybridized carbons (Fsp3) is 0.136. The van der Waals surface area contributed by atoms with Gasteiger partial charge in [-0.3, -0.25) is 9.69 Å². The summed E-state index contributed by atoms with van der Waals surface area (Å²) in [6.07, 6.45) is 0.777. The monoisotopic (exact) mass is 327 g/mol. The number of ether oxygens (including phenoxy) is 1. The fourth-order valence-electron chi connectivity index (χ4n) is 4.34. The first-order valence-electron chi connectivity index (χ1n) is 8.42. The number of amides is 1. The Hall–Kier alpha value is -3.07. The van der Waals surface area contributed by atoms with Gasteiger partial charge in [0, 0.05) is 18.1 Å². The number of anilines is 1. The minimum Gasteiger partial charge on any atom is -0.497 e. The van der Waals surface area contributed by atoms with Gasteiger partial charge >= 0.3 is 0 Å². The quantitative estimate of drug-likeness (QED) is 0.707. The van der Waals surface area contributed by atoms with Crippen molar-refractivity contribution in [2.24, 2.45) is 0 Å². The molecule has 2 aliphatic heterocycles. The van der Waals surface area contributed by atoms with Crippen LogP contribution in [0.25, 0.3) is 0 Å². The number of fused-ring (bicyclic) bond motifs is 5. The van der Waals surface area contributed by atoms with E-state index in [1.165, 1.54) is 5.56 Å². The lowest BCUT2D eigenvalue weighted by atomic mass is 9.80. The van der Waals surface area contributed by atoms with Gasteiger partial charge in [0.1, 0.15) is 11.3 Å². The zero-order valence-corrected chi connectivity index (χ0v) is 13.9. The van der Waals surface area contributed by atoms with E-state index in [9.17, 15) is 4.79 Å². The fourth-order valence-corrected chi connectivity index (χ4v) is 4.34. The van der Waals surface area contributed by atoms with E-state index in [2.05, 4.69) is 24.3 Å². The smallest absolute Gasteiger partial charge is 0.259 e. The Morgan fingerprint density at radius 1 is 0.960 bits per heavy atom. The van der Waals surface area contributed by atoms with Crippen molar-refractivity contribution in [1.82, 2.24) is 0 Å². The van der Waals surface area contributed by atoms with Crippen molar-refractivity contribution in [2.75, 3.05) is 12.0 Å². The summed E-state index contributed by atoms with van der Waals surface area (Å²) in [6.45, 7) is 0. The Labute approximate surface area is 146 Å². The summed E-state index contributed by atoms with van der Waals surface area (Å²) >= 11 is 0. The first kappa shape index (κ1) is 14.3. The maximum absolute atomic E-state index is 13.3. The molecule has 0 fully saturated rings. The third-order valence-corrected chi connectivity index (χ3v) is 5.42. The van der Waals surface area contributed by atoms with Gasteiger partial charge in [0.25, 0.3) is 5.91 Å². The lowest BCUT2D eigenvalue weighted by Crippen LogP contribution is -2.42. The van der Waals surface area contributed by atoms with Gasteiger partial charge in [-0.05, 0) is 28.8 Å². The van der Waals surface area contributed by atoms with Gasteiger partial charge in [-0.15, -0.1) is 0 Å². The van der Waals surface area contributed by atoms with Crippen molar-refractivity contribution >= 4 is 11.6 Å². The normalized spacial score (nSPS) is 20.2. The number of carbonyl (C=O) groups is 1. The molecule has 0 spiro atoms. The predicted molar refractivity (Wildman–Crippen MR) is 97.2 cm³/mol. The largest absolute Gasteiger partial charge is 0.497 e. The van der Waals surface area contributed by atoms with Crippen LogP contribution in [0.5, 0.6) is 5.75 Å². The summed E-state index contributed by atoms with van der Waals surface area (Å²) in [5, 5.41) is 0. The maximum Gasteiger partial charge on any atom is 0.259 e. The number of hydrogen-bond donors (Lipinski definition) is 0. The Morgan fingerprint density at radius 3 is 2.52 bits per heavy atom. The molecule has 0 radical (unpaired) electrons. The van der Waals surface area contributed by atoms with Crippen molar-refractivity contribution < 1.29 is 9.53 Å². The highest BCUT2D eigenvalue weighted by Crippen LogP contribution is 2.54. The predicted octanol–water partition coefficient (Wildman–Crippen LogP) is 4.16. The summed E-state index contributed by atoms with van der Waals surface area (Å²) in [5.41, 5.74) is 4.67. The van der Waals surface area contributed by atoms with E-state index in [1.54, 1.807) is 7.11 Å². The molecular weight excluding hydrogens is 310 g/mol. The van der Waals surface area contributed by atoms with Crippen LogP contribution in [-0.4, -0.2) is 13.0 Å². The third kappa shape index (κ3) is 1.73. The molecule has 0 aliphatic carbocycles. The van der Waals surface area contributed by atoms with Crippen molar-refractivity contribution in [1.29, 1.82) is 0 Å². The van der Waals surface area contributed by atoms with Crippen molar-refractivity contribution in [3.63, 3.8) is 0 Å². The molecule has 0 bridgehead atoms. The summed E-state index contributed by atoms with van der Waals surface area (Å²) < 4.78 is 5.40. The van der Waals surface area contributed by atoms with Crippen LogP contribution < -0.4 is 9.64 Å². The van der Waals surface area contributed by atoms with Crippen LogP contribution in [0.4, 0.5) is 5.69 Å². The molecule has 3 nitrogen and oxygen atoms in total. The lowest BCUT2D eigenvalue weighted by molar-refractivity contribution is 0.0986. The Kier molecular flexibility index (Phi) is 2.84. The molecule has 25 heavy (non-hydrogen) atoms. The summed E-state index contributed by atoms with van der Waals surface area (Å²) in [7, 11) is 1.65. The minimum absolute atomic E-state index is 0.0615. The second-order valence-electron chi connectivity index (χ2n) is 6.58. The molecule has 2 heterocycles. The number of rotatable bonds is 2. The Morgan fingerprint density at radius 2 is 1.72 bits per heavy atom. The SMILES string of the molecule is COc1ccc2c(c1)N1C(=O)c3ccccc3[C@]1(c1ccccc1)C2. The minimum atomic E-state index is -0.469. The van der Waals surface area contributed by atoms with E-state index in [4.69, 9.17) is 4.74 Å². The molecule has 0 unspecified atom stereocenters. The van der Waals surface area contributed by atoms with Gasteiger partial charge in [0.15, 0.2) is 0 Å². The Bertz CT molecular complexity index is 996. The van der Waals surface area contributed by atoms with Crippen molar-refractivity contribution in [2.45, 2.75) is 12.0 Å². The number of nitrogens with zero attached hydrogens (tertiary/aromatic N) is 1. The molecule has 122 valence electrons. The molecule has 0 saturated carbocycles. The topological polar surface area (TPSA) is 29.5 Å². The van der Waals surface area contributed by atoms with Crippen LogP contribution in [0.3, 0.4) is 0 Å². The average molecular weight is 327 g/mol. The zero-order valence-electron chi connectivity index (χ0n) is 13.9. The molecule has 1 atom stereocenters. The highest BCUT2D eigenvalue weighted by Gasteiger charge is 2.55. The van der Waals surface area contributed by atoms with Gasteiger partial charge in [-0.1, -0.05) is 54.6 Å². The molecule has 3 aromatic rings. The molecular formula is C22H17NO2. The summed E-state index contributed by atoms with van der Waals surface area (Å²) in [4.78, 5) is 15.3. The second kappa shape index (κ2) is 4.96. The first-order chi connectivity index (χ1) is 12.3. The molecule has 3 aromatic carbocycles. The van der Waals surface area contributed by atoms with Crippen LogP contribution in [-0.2, 0) is 12.0 Å². The maximum atomic E-state index is 13.3.